The van der Waals surface area contributed by atoms with E-state index in [9.17, 15) is 9.59 Å². The monoisotopic (exact) mass is 299 g/mol. The van der Waals surface area contributed by atoms with E-state index in [4.69, 9.17) is 4.74 Å². The molecule has 3 rings (SSSR count). The smallest absolute Gasteiger partial charge is 0.311 e. The molecule has 22 heavy (non-hydrogen) atoms. The fourth-order valence-electron chi connectivity index (χ4n) is 2.83. The van der Waals surface area contributed by atoms with Crippen molar-refractivity contribution in [2.24, 2.45) is 5.92 Å². The van der Waals surface area contributed by atoms with Gasteiger partial charge >= 0.3 is 5.97 Å². The van der Waals surface area contributed by atoms with Crippen molar-refractivity contribution in [1.29, 1.82) is 0 Å². The first kappa shape index (κ1) is 14.4. The fraction of sp³-hybridized carbons (Fsp3) is 0.375. The maximum absolute atomic E-state index is 12.1. The molecular formula is C16H17N3O3. The molecule has 1 saturated heterocycles. The van der Waals surface area contributed by atoms with Crippen molar-refractivity contribution in [3.8, 4) is 0 Å². The van der Waals surface area contributed by atoms with Crippen LogP contribution in [-0.2, 0) is 14.3 Å². The van der Waals surface area contributed by atoms with E-state index in [2.05, 4.69) is 9.97 Å². The highest BCUT2D eigenvalue weighted by Gasteiger charge is 2.36. The Bertz CT molecular complexity index is 773. The third-order valence-corrected chi connectivity index (χ3v) is 3.93. The van der Waals surface area contributed by atoms with Gasteiger partial charge in [0, 0.05) is 24.0 Å². The number of aromatic nitrogens is 2. The molecule has 0 aromatic carbocycles. The highest BCUT2D eigenvalue weighted by molar-refractivity contribution is 5.99. The minimum Gasteiger partial charge on any atom is -0.469 e. The van der Waals surface area contributed by atoms with Gasteiger partial charge in [0.1, 0.15) is 5.82 Å². The molecule has 0 bridgehead atoms. The molecule has 1 aliphatic heterocycles. The van der Waals surface area contributed by atoms with Crippen molar-refractivity contribution in [2.45, 2.75) is 20.3 Å². The molecule has 0 N–H and O–H groups in total. The minimum atomic E-state index is -0.429. The number of esters is 1. The second kappa shape index (κ2) is 5.36. The Kier molecular flexibility index (Phi) is 3.52. The third-order valence-electron chi connectivity index (χ3n) is 3.93. The quantitative estimate of drug-likeness (QED) is 0.790. The summed E-state index contributed by atoms with van der Waals surface area (Å²) in [7, 11) is 1.33. The van der Waals surface area contributed by atoms with Crippen LogP contribution in [0.2, 0.25) is 0 Å². The van der Waals surface area contributed by atoms with Crippen molar-refractivity contribution >= 4 is 28.7 Å². The molecule has 3 heterocycles. The summed E-state index contributed by atoms with van der Waals surface area (Å²) in [6, 6.07) is 5.71. The summed E-state index contributed by atoms with van der Waals surface area (Å²) < 4.78 is 4.72. The maximum atomic E-state index is 12.1. The number of aryl methyl sites for hydroxylation is 2. The van der Waals surface area contributed by atoms with Gasteiger partial charge in [0.15, 0.2) is 5.65 Å². The number of hydrogen-bond acceptors (Lipinski definition) is 5. The van der Waals surface area contributed by atoms with Gasteiger partial charge in [0.25, 0.3) is 0 Å². The molecule has 1 fully saturated rings. The zero-order chi connectivity index (χ0) is 15.9. The standard InChI is InChI=1S/C16H17N3O3/c1-9-6-10(2)17-15-12(9)4-5-13(18-15)19-8-11(7-14(19)20)16(21)22-3/h4-6,11H,7-8H2,1-3H3. The normalized spacial score (nSPS) is 18.0. The highest BCUT2D eigenvalue weighted by Crippen LogP contribution is 2.26. The summed E-state index contributed by atoms with van der Waals surface area (Å²) in [4.78, 5) is 34.2. The molecule has 1 atom stereocenters. The Labute approximate surface area is 128 Å². The van der Waals surface area contributed by atoms with Gasteiger partial charge in [-0.3, -0.25) is 14.5 Å². The Hall–Kier alpha value is -2.50. The number of amides is 1. The van der Waals surface area contributed by atoms with Crippen LogP contribution < -0.4 is 4.90 Å². The van der Waals surface area contributed by atoms with Gasteiger partial charge in [-0.15, -0.1) is 0 Å². The van der Waals surface area contributed by atoms with Crippen LogP contribution in [0.3, 0.4) is 0 Å². The predicted octanol–water partition coefficient (Wildman–Crippen LogP) is 1.77. The van der Waals surface area contributed by atoms with Gasteiger partial charge < -0.3 is 4.74 Å². The summed E-state index contributed by atoms with van der Waals surface area (Å²) in [5, 5.41) is 0.963. The third kappa shape index (κ3) is 2.41. The van der Waals surface area contributed by atoms with Gasteiger partial charge in [-0.05, 0) is 37.6 Å². The summed E-state index contributed by atoms with van der Waals surface area (Å²) >= 11 is 0. The van der Waals surface area contributed by atoms with Crippen molar-refractivity contribution in [1.82, 2.24) is 9.97 Å². The topological polar surface area (TPSA) is 72.4 Å². The average molecular weight is 299 g/mol. The molecular weight excluding hydrogens is 282 g/mol. The second-order valence-corrected chi connectivity index (χ2v) is 5.55. The van der Waals surface area contributed by atoms with Gasteiger partial charge in [-0.1, -0.05) is 0 Å². The number of rotatable bonds is 2. The molecule has 0 saturated carbocycles. The molecule has 1 aliphatic rings. The van der Waals surface area contributed by atoms with E-state index in [1.807, 2.05) is 26.0 Å². The Morgan fingerprint density at radius 3 is 2.82 bits per heavy atom. The van der Waals surface area contributed by atoms with E-state index < -0.39 is 5.92 Å². The number of carbonyl (C=O) groups excluding carboxylic acids is 2. The van der Waals surface area contributed by atoms with Crippen molar-refractivity contribution in [3.05, 3.63) is 29.5 Å². The molecule has 0 radical (unpaired) electrons. The van der Waals surface area contributed by atoms with E-state index >= 15 is 0 Å². The van der Waals surface area contributed by atoms with Gasteiger partial charge in [-0.2, -0.15) is 0 Å². The van der Waals surface area contributed by atoms with Gasteiger partial charge in [-0.25, -0.2) is 9.97 Å². The summed E-state index contributed by atoms with van der Waals surface area (Å²) in [5.74, 6) is -0.378. The number of ether oxygens (including phenoxy) is 1. The lowest BCUT2D eigenvalue weighted by Gasteiger charge is -2.16. The van der Waals surface area contributed by atoms with E-state index in [1.54, 1.807) is 6.07 Å². The SMILES string of the molecule is COC(=O)C1CC(=O)N(c2ccc3c(C)cc(C)nc3n2)C1. The van der Waals surface area contributed by atoms with Crippen LogP contribution in [0.1, 0.15) is 17.7 Å². The highest BCUT2D eigenvalue weighted by atomic mass is 16.5. The van der Waals surface area contributed by atoms with E-state index in [-0.39, 0.29) is 18.3 Å². The van der Waals surface area contributed by atoms with Crippen LogP contribution in [0.25, 0.3) is 11.0 Å². The summed E-state index contributed by atoms with van der Waals surface area (Å²) in [5.41, 5.74) is 2.60. The first-order valence-corrected chi connectivity index (χ1v) is 7.13. The number of carbonyl (C=O) groups is 2. The van der Waals surface area contributed by atoms with Gasteiger partial charge in [0.05, 0.1) is 13.0 Å². The molecule has 2 aromatic rings. The number of anilines is 1. The fourth-order valence-corrected chi connectivity index (χ4v) is 2.83. The number of nitrogens with zero attached hydrogens (tertiary/aromatic N) is 3. The molecule has 6 heteroatoms. The molecule has 1 unspecified atom stereocenters. The largest absolute Gasteiger partial charge is 0.469 e. The van der Waals surface area contributed by atoms with E-state index in [1.165, 1.54) is 12.0 Å². The number of hydrogen-bond donors (Lipinski definition) is 0. The van der Waals surface area contributed by atoms with Crippen molar-refractivity contribution in [3.63, 3.8) is 0 Å². The Morgan fingerprint density at radius 1 is 1.32 bits per heavy atom. The Morgan fingerprint density at radius 2 is 2.09 bits per heavy atom. The van der Waals surface area contributed by atoms with Crippen LogP contribution >= 0.6 is 0 Å². The summed E-state index contributed by atoms with van der Waals surface area (Å²) in [6.45, 7) is 4.22. The van der Waals surface area contributed by atoms with E-state index in [0.29, 0.717) is 18.0 Å². The first-order chi connectivity index (χ1) is 10.5. The molecule has 1 amide bonds. The van der Waals surface area contributed by atoms with Crippen LogP contribution in [0.4, 0.5) is 5.82 Å². The Balaban J connectivity index is 1.97. The lowest BCUT2D eigenvalue weighted by atomic mass is 10.1. The minimum absolute atomic E-state index is 0.119. The number of pyridine rings is 2. The molecule has 114 valence electrons. The lowest BCUT2D eigenvalue weighted by molar-refractivity contribution is -0.145. The molecule has 0 spiro atoms. The van der Waals surface area contributed by atoms with Crippen LogP contribution in [0.5, 0.6) is 0 Å². The molecule has 0 aliphatic carbocycles. The second-order valence-electron chi connectivity index (χ2n) is 5.55. The number of fused-ring (bicyclic) bond motifs is 1. The maximum Gasteiger partial charge on any atom is 0.311 e. The number of methoxy groups -OCH3 is 1. The average Bonchev–Trinajstić information content (AvgIpc) is 2.87. The summed E-state index contributed by atoms with van der Waals surface area (Å²) in [6.07, 6.45) is 0.159. The molecule has 6 nitrogen and oxygen atoms in total. The van der Waals surface area contributed by atoms with Crippen molar-refractivity contribution in [2.75, 3.05) is 18.6 Å². The predicted molar refractivity (Wildman–Crippen MR) is 81.5 cm³/mol. The zero-order valence-electron chi connectivity index (χ0n) is 12.8. The van der Waals surface area contributed by atoms with Crippen molar-refractivity contribution < 1.29 is 14.3 Å². The molecule has 2 aromatic heterocycles. The first-order valence-electron chi connectivity index (χ1n) is 7.13. The van der Waals surface area contributed by atoms with Crippen LogP contribution in [0, 0.1) is 19.8 Å². The van der Waals surface area contributed by atoms with Crippen LogP contribution in [-0.4, -0.2) is 35.5 Å². The zero-order valence-corrected chi connectivity index (χ0v) is 12.8. The van der Waals surface area contributed by atoms with Gasteiger partial charge in [0.2, 0.25) is 5.91 Å². The van der Waals surface area contributed by atoms with Crippen LogP contribution in [0.15, 0.2) is 18.2 Å². The van der Waals surface area contributed by atoms with E-state index in [0.717, 1.165) is 16.6 Å². The lowest BCUT2D eigenvalue weighted by Crippen LogP contribution is -2.27.